The summed E-state index contributed by atoms with van der Waals surface area (Å²) in [5.74, 6) is -4.61. The number of rotatable bonds is 20. The Morgan fingerprint density at radius 2 is 1.64 bits per heavy atom. The molecule has 3 fully saturated rings. The van der Waals surface area contributed by atoms with Gasteiger partial charge in [-0.05, 0) is 51.4 Å². The van der Waals surface area contributed by atoms with Crippen LogP contribution >= 0.6 is 0 Å². The molecule has 0 aromatic heterocycles. The summed E-state index contributed by atoms with van der Waals surface area (Å²) in [6.45, 7) is 5.91. The number of carbonyl (C=O) groups is 6. The number of alkyl carbamates (subject to hydrolysis) is 1. The minimum absolute atomic E-state index is 0.0468. The number of hydrogen-bond donors (Lipinski definition) is 8. The van der Waals surface area contributed by atoms with Gasteiger partial charge in [-0.3, -0.25) is 29.0 Å². The Hall–Kier alpha value is -4.23. The van der Waals surface area contributed by atoms with Crippen molar-refractivity contribution in [1.82, 2.24) is 21.3 Å². The number of hydrogen-bond acceptors (Lipinski definition) is 11. The summed E-state index contributed by atoms with van der Waals surface area (Å²) in [6, 6.07) is -2.67. The van der Waals surface area contributed by atoms with Gasteiger partial charge >= 0.3 is 12.1 Å². The minimum Gasteiger partial charge on any atom is -0.481 e. The van der Waals surface area contributed by atoms with Crippen molar-refractivity contribution in [2.24, 2.45) is 34.0 Å². The van der Waals surface area contributed by atoms with Crippen LogP contribution in [0.5, 0.6) is 0 Å². The zero-order chi connectivity index (χ0) is 37.2. The molecule has 1 spiro atoms. The van der Waals surface area contributed by atoms with E-state index in [0.29, 0.717) is 25.4 Å². The summed E-state index contributed by atoms with van der Waals surface area (Å²) in [5.41, 5.74) is 14.9. The van der Waals surface area contributed by atoms with Crippen molar-refractivity contribution in [2.45, 2.75) is 107 Å². The third-order valence-electron chi connectivity index (χ3n) is 9.23. The smallest absolute Gasteiger partial charge is 0.407 e. The second-order valence-corrected chi connectivity index (χ2v) is 13.5. The van der Waals surface area contributed by atoms with Gasteiger partial charge in [-0.2, -0.15) is 0 Å². The lowest BCUT2D eigenvalue weighted by Crippen LogP contribution is -2.56. The molecule has 2 heterocycles. The molecule has 1 unspecified atom stereocenters. The fraction of sp³-hybridized carbons (Fsp3) is 0.774. The molecule has 2 aliphatic heterocycles. The number of carboxylic acids is 1. The molecule has 0 bridgehead atoms. The lowest BCUT2D eigenvalue weighted by atomic mass is 9.68. The Kier molecular flexibility index (Phi) is 14.2. The van der Waals surface area contributed by atoms with E-state index in [9.17, 15) is 28.8 Å². The number of guanidine groups is 1. The topological polar surface area (TPSA) is 305 Å². The molecule has 0 radical (unpaired) electrons. The van der Waals surface area contributed by atoms with Crippen molar-refractivity contribution in [3.8, 4) is 0 Å². The molecular formula is C31H52N8O11. The predicted octanol–water partition coefficient (Wildman–Crippen LogP) is -2.03. The highest BCUT2D eigenvalue weighted by atomic mass is 16.6. The van der Waals surface area contributed by atoms with Crippen LogP contribution < -0.4 is 38.5 Å². The van der Waals surface area contributed by atoms with E-state index in [4.69, 9.17) is 41.3 Å². The predicted molar refractivity (Wildman–Crippen MR) is 176 cm³/mol. The van der Waals surface area contributed by atoms with Gasteiger partial charge in [0.25, 0.3) is 0 Å². The standard InChI is InChI=1S/C31H52N8O11/c1-16(2)7-8-20-30(3,50-20)25-24(47-4)19(9-10-31(25)15-48-31)49-29(46)37-14-22(41)38-17(6-5-11-35-28(33)34)27(45)36-13-21(40)39-18(26(32)44)12-23(42)43/h16-20,24-25H,5-15H2,1-4H3,(H2,32,44)(H,36,45)(H,37,46)(H,38,41)(H,39,40)(H,42,43)(H4,33,34,35)/t17-,18-,19?,20+,24+,25+,30+,31-/m0/s1. The van der Waals surface area contributed by atoms with Crippen LogP contribution in [0.3, 0.4) is 0 Å². The first-order chi connectivity index (χ1) is 23.5. The molecule has 1 saturated carbocycles. The molecule has 1 aliphatic carbocycles. The molecule has 0 aromatic rings. The van der Waals surface area contributed by atoms with E-state index in [2.05, 4.69) is 47.0 Å². The van der Waals surface area contributed by atoms with E-state index in [1.165, 1.54) is 0 Å². The average molecular weight is 713 g/mol. The number of aliphatic carboxylic acids is 1. The van der Waals surface area contributed by atoms with Crippen molar-refractivity contribution in [2.75, 3.05) is 33.4 Å². The Labute approximate surface area is 290 Å². The quantitative estimate of drug-likeness (QED) is 0.0293. The van der Waals surface area contributed by atoms with Crippen LogP contribution in [0.4, 0.5) is 4.79 Å². The maximum atomic E-state index is 12.9. The highest BCUT2D eigenvalue weighted by molar-refractivity contribution is 5.93. The van der Waals surface area contributed by atoms with Gasteiger partial charge in [-0.15, -0.1) is 0 Å². The number of carboxylic acid groups (broad SMARTS) is 1. The van der Waals surface area contributed by atoms with Gasteiger partial charge < -0.3 is 62.5 Å². The Balaban J connectivity index is 1.54. The van der Waals surface area contributed by atoms with E-state index in [1.54, 1.807) is 7.11 Å². The fourth-order valence-electron chi connectivity index (χ4n) is 6.56. The number of primary amides is 1. The molecule has 50 heavy (non-hydrogen) atoms. The largest absolute Gasteiger partial charge is 0.481 e. The molecule has 19 nitrogen and oxygen atoms in total. The first-order valence-electron chi connectivity index (χ1n) is 16.7. The van der Waals surface area contributed by atoms with Crippen LogP contribution in [0.2, 0.25) is 0 Å². The first kappa shape index (κ1) is 40.2. The number of nitrogens with one attached hydrogen (secondary N) is 4. The highest BCUT2D eigenvalue weighted by Gasteiger charge is 2.72. The molecule has 282 valence electrons. The van der Waals surface area contributed by atoms with Crippen LogP contribution in [-0.4, -0.2) is 122 Å². The number of ether oxygens (including phenoxy) is 4. The van der Waals surface area contributed by atoms with E-state index >= 15 is 0 Å². The van der Waals surface area contributed by atoms with Crippen molar-refractivity contribution in [1.29, 1.82) is 0 Å². The number of carbonyl (C=O) groups excluding carboxylic acids is 5. The summed E-state index contributed by atoms with van der Waals surface area (Å²) in [5, 5.41) is 18.3. The van der Waals surface area contributed by atoms with Gasteiger partial charge in [0, 0.05) is 13.7 Å². The van der Waals surface area contributed by atoms with Gasteiger partial charge in [0.2, 0.25) is 23.6 Å². The van der Waals surface area contributed by atoms with Gasteiger partial charge in [-0.1, -0.05) is 13.8 Å². The number of nitrogens with two attached hydrogens (primary N) is 3. The number of amides is 5. The van der Waals surface area contributed by atoms with Crippen LogP contribution in [0.15, 0.2) is 4.99 Å². The van der Waals surface area contributed by atoms with Crippen LogP contribution in [-0.2, 0) is 42.9 Å². The number of aliphatic imine (C=N–C) groups is 1. The number of epoxide rings is 2. The molecule has 0 aromatic carbocycles. The lowest BCUT2D eigenvalue weighted by molar-refractivity contribution is -0.140. The molecule has 2 saturated heterocycles. The summed E-state index contributed by atoms with van der Waals surface area (Å²) < 4.78 is 23.8. The van der Waals surface area contributed by atoms with E-state index < -0.39 is 90.7 Å². The van der Waals surface area contributed by atoms with Crippen LogP contribution in [0, 0.1) is 11.8 Å². The summed E-state index contributed by atoms with van der Waals surface area (Å²) in [7, 11) is 1.56. The normalized spacial score (nSPS) is 27.7. The van der Waals surface area contributed by atoms with Crippen molar-refractivity contribution < 1.29 is 52.8 Å². The van der Waals surface area contributed by atoms with Crippen LogP contribution in [0.25, 0.3) is 0 Å². The molecule has 8 atom stereocenters. The fourth-order valence-corrected chi connectivity index (χ4v) is 6.56. The monoisotopic (exact) mass is 712 g/mol. The first-order valence-corrected chi connectivity index (χ1v) is 16.7. The summed E-state index contributed by atoms with van der Waals surface area (Å²) in [6.07, 6.45) is 0.692. The maximum absolute atomic E-state index is 12.9. The van der Waals surface area contributed by atoms with Crippen LogP contribution in [0.1, 0.15) is 65.7 Å². The highest BCUT2D eigenvalue weighted by Crippen LogP contribution is 2.59. The molecule has 3 rings (SSSR count). The molecular weight excluding hydrogens is 660 g/mol. The second kappa shape index (κ2) is 17.6. The maximum Gasteiger partial charge on any atom is 0.407 e. The Bertz CT molecular complexity index is 1290. The molecule has 11 N–H and O–H groups in total. The van der Waals surface area contributed by atoms with E-state index in [0.717, 1.165) is 12.8 Å². The van der Waals surface area contributed by atoms with Gasteiger partial charge in [0.15, 0.2) is 5.96 Å². The van der Waals surface area contributed by atoms with Crippen molar-refractivity contribution in [3.05, 3.63) is 0 Å². The number of nitrogens with zero attached hydrogens (tertiary/aromatic N) is 1. The molecule has 19 heteroatoms. The number of methoxy groups -OCH3 is 1. The van der Waals surface area contributed by atoms with E-state index in [-0.39, 0.29) is 37.4 Å². The molecule has 3 aliphatic rings. The van der Waals surface area contributed by atoms with E-state index in [1.807, 2.05) is 0 Å². The third-order valence-corrected chi connectivity index (χ3v) is 9.23. The second-order valence-electron chi connectivity index (χ2n) is 13.5. The summed E-state index contributed by atoms with van der Waals surface area (Å²) >= 11 is 0. The van der Waals surface area contributed by atoms with Crippen molar-refractivity contribution >= 4 is 41.7 Å². The summed E-state index contributed by atoms with van der Waals surface area (Å²) in [4.78, 5) is 77.1. The minimum atomic E-state index is -1.49. The van der Waals surface area contributed by atoms with Gasteiger partial charge in [-0.25, -0.2) is 4.79 Å². The Morgan fingerprint density at radius 1 is 1.00 bits per heavy atom. The SMILES string of the molecule is CO[C@@H]1C(OC(=O)NCC(=O)N[C@@H](CCCN=C(N)N)C(=O)NCC(=O)N[C@@H](CC(=O)O)C(N)=O)CC[C@]2(CO2)[C@H]1[C@]1(C)O[C@@H]1CCC(C)C. The van der Waals surface area contributed by atoms with Crippen molar-refractivity contribution in [3.63, 3.8) is 0 Å². The molecule has 5 amide bonds. The van der Waals surface area contributed by atoms with Gasteiger partial charge in [0.05, 0.1) is 31.6 Å². The zero-order valence-electron chi connectivity index (χ0n) is 29.0. The lowest BCUT2D eigenvalue weighted by Gasteiger charge is -2.42. The zero-order valence-corrected chi connectivity index (χ0v) is 29.0. The third kappa shape index (κ3) is 11.4. The Morgan fingerprint density at radius 3 is 2.20 bits per heavy atom. The van der Waals surface area contributed by atoms with Gasteiger partial charge in [0.1, 0.15) is 42.0 Å². The average Bonchev–Trinajstić information content (AvgIpc) is 3.95.